The zero-order valence-electron chi connectivity index (χ0n) is 12.8. The maximum atomic E-state index is 12.4. The minimum Gasteiger partial charge on any atom is -0.481 e. The minimum absolute atomic E-state index is 0.0279. The SMILES string of the molecule is Cc1cccc(OC(C)C(=O)N2CCN(CCO)CC2)c1. The van der Waals surface area contributed by atoms with E-state index in [-0.39, 0.29) is 12.5 Å². The van der Waals surface area contributed by atoms with E-state index < -0.39 is 6.10 Å². The third kappa shape index (κ3) is 4.44. The highest BCUT2D eigenvalue weighted by Gasteiger charge is 2.25. The Morgan fingerprint density at radius 2 is 2.05 bits per heavy atom. The van der Waals surface area contributed by atoms with Crippen LogP contribution >= 0.6 is 0 Å². The van der Waals surface area contributed by atoms with Crippen molar-refractivity contribution in [3.63, 3.8) is 0 Å². The van der Waals surface area contributed by atoms with Gasteiger partial charge in [-0.15, -0.1) is 0 Å². The van der Waals surface area contributed by atoms with Gasteiger partial charge in [-0.2, -0.15) is 0 Å². The number of aliphatic hydroxyl groups is 1. The number of nitrogens with zero attached hydrogens (tertiary/aromatic N) is 2. The van der Waals surface area contributed by atoms with Gasteiger partial charge in [0.15, 0.2) is 6.10 Å². The molecule has 1 fully saturated rings. The molecule has 2 rings (SSSR count). The second-order valence-corrected chi connectivity index (χ2v) is 5.47. The number of amides is 1. The van der Waals surface area contributed by atoms with Crippen LogP contribution < -0.4 is 4.74 Å². The third-order valence-electron chi connectivity index (χ3n) is 3.75. The van der Waals surface area contributed by atoms with Crippen LogP contribution in [0.5, 0.6) is 5.75 Å². The molecule has 1 N–H and O–H groups in total. The Balaban J connectivity index is 1.85. The van der Waals surface area contributed by atoms with Gasteiger partial charge < -0.3 is 14.7 Å². The summed E-state index contributed by atoms with van der Waals surface area (Å²) in [5.74, 6) is 0.759. The molecule has 1 aromatic carbocycles. The number of benzene rings is 1. The van der Waals surface area contributed by atoms with Crippen LogP contribution in [-0.4, -0.2) is 66.2 Å². The van der Waals surface area contributed by atoms with E-state index in [1.165, 1.54) is 0 Å². The maximum Gasteiger partial charge on any atom is 0.263 e. The average Bonchev–Trinajstić information content (AvgIpc) is 2.47. The number of piperazine rings is 1. The second kappa shape index (κ2) is 7.43. The quantitative estimate of drug-likeness (QED) is 0.876. The van der Waals surface area contributed by atoms with E-state index in [4.69, 9.17) is 9.84 Å². The minimum atomic E-state index is -0.476. The van der Waals surface area contributed by atoms with Crippen LogP contribution in [0.1, 0.15) is 12.5 Å². The molecule has 0 radical (unpaired) electrons. The molecule has 1 aliphatic rings. The van der Waals surface area contributed by atoms with Crippen LogP contribution in [0.4, 0.5) is 0 Å². The van der Waals surface area contributed by atoms with Crippen molar-refractivity contribution in [2.45, 2.75) is 20.0 Å². The highest BCUT2D eigenvalue weighted by atomic mass is 16.5. The zero-order chi connectivity index (χ0) is 15.2. The summed E-state index contributed by atoms with van der Waals surface area (Å²) in [5, 5.41) is 8.93. The summed E-state index contributed by atoms with van der Waals surface area (Å²) in [6.45, 7) is 7.65. The first-order valence-electron chi connectivity index (χ1n) is 7.45. The normalized spacial score (nSPS) is 17.6. The van der Waals surface area contributed by atoms with Crippen LogP contribution in [0.15, 0.2) is 24.3 Å². The maximum absolute atomic E-state index is 12.4. The predicted octanol–water partition coefficient (Wildman–Crippen LogP) is 0.899. The molecule has 5 nitrogen and oxygen atoms in total. The Morgan fingerprint density at radius 3 is 2.67 bits per heavy atom. The molecule has 1 aliphatic heterocycles. The molecule has 1 amide bonds. The fourth-order valence-corrected chi connectivity index (χ4v) is 2.53. The Morgan fingerprint density at radius 1 is 1.33 bits per heavy atom. The molecular weight excluding hydrogens is 268 g/mol. The number of aliphatic hydroxyl groups excluding tert-OH is 1. The summed E-state index contributed by atoms with van der Waals surface area (Å²) in [7, 11) is 0. The zero-order valence-corrected chi connectivity index (χ0v) is 12.8. The van der Waals surface area contributed by atoms with Gasteiger partial charge in [0, 0.05) is 32.7 Å². The van der Waals surface area contributed by atoms with Crippen molar-refractivity contribution in [2.24, 2.45) is 0 Å². The molecule has 0 aromatic heterocycles. The standard InChI is InChI=1S/C16H24N2O3/c1-13-4-3-5-15(12-13)21-14(2)16(20)18-8-6-17(7-9-18)10-11-19/h3-5,12,14,19H,6-11H2,1-2H3. The lowest BCUT2D eigenvalue weighted by atomic mass is 10.2. The summed E-state index contributed by atoms with van der Waals surface area (Å²) in [5.41, 5.74) is 1.12. The Kier molecular flexibility index (Phi) is 5.59. The molecule has 1 unspecified atom stereocenters. The number of carbonyl (C=O) groups is 1. The monoisotopic (exact) mass is 292 g/mol. The van der Waals surface area contributed by atoms with Crippen LogP contribution in [0.2, 0.25) is 0 Å². The molecule has 0 saturated carbocycles. The van der Waals surface area contributed by atoms with E-state index in [1.54, 1.807) is 6.92 Å². The largest absolute Gasteiger partial charge is 0.481 e. The van der Waals surface area contributed by atoms with Crippen molar-refractivity contribution < 1.29 is 14.6 Å². The van der Waals surface area contributed by atoms with E-state index in [0.717, 1.165) is 24.4 Å². The first-order valence-corrected chi connectivity index (χ1v) is 7.45. The van der Waals surface area contributed by atoms with Crippen molar-refractivity contribution in [2.75, 3.05) is 39.3 Å². The topological polar surface area (TPSA) is 53.0 Å². The Bertz CT molecular complexity index is 470. The van der Waals surface area contributed by atoms with Gasteiger partial charge in [-0.3, -0.25) is 9.69 Å². The van der Waals surface area contributed by atoms with Crippen molar-refractivity contribution in [1.82, 2.24) is 9.80 Å². The second-order valence-electron chi connectivity index (χ2n) is 5.47. The van der Waals surface area contributed by atoms with Crippen molar-refractivity contribution in [1.29, 1.82) is 0 Å². The summed E-state index contributed by atoms with van der Waals surface area (Å²) in [6, 6.07) is 7.73. The first kappa shape index (κ1) is 15.8. The number of carbonyl (C=O) groups excluding carboxylic acids is 1. The number of hydrogen-bond donors (Lipinski definition) is 1. The fourth-order valence-electron chi connectivity index (χ4n) is 2.53. The third-order valence-corrected chi connectivity index (χ3v) is 3.75. The van der Waals surface area contributed by atoms with Gasteiger partial charge in [0.05, 0.1) is 6.61 Å². The molecule has 1 aromatic rings. The molecule has 21 heavy (non-hydrogen) atoms. The lowest BCUT2D eigenvalue weighted by molar-refractivity contribution is -0.139. The van der Waals surface area contributed by atoms with E-state index in [1.807, 2.05) is 36.1 Å². The molecular formula is C16H24N2O3. The number of hydrogen-bond acceptors (Lipinski definition) is 4. The smallest absolute Gasteiger partial charge is 0.263 e. The van der Waals surface area contributed by atoms with Gasteiger partial charge in [0.25, 0.3) is 5.91 Å². The number of rotatable bonds is 5. The van der Waals surface area contributed by atoms with Crippen LogP contribution in [0.3, 0.4) is 0 Å². The van der Waals surface area contributed by atoms with Crippen molar-refractivity contribution in [3.8, 4) is 5.75 Å². The summed E-state index contributed by atoms with van der Waals surface area (Å²) < 4.78 is 5.74. The molecule has 116 valence electrons. The molecule has 0 aliphatic carbocycles. The van der Waals surface area contributed by atoms with Crippen molar-refractivity contribution >= 4 is 5.91 Å². The molecule has 5 heteroatoms. The highest BCUT2D eigenvalue weighted by molar-refractivity contribution is 5.81. The lowest BCUT2D eigenvalue weighted by Crippen LogP contribution is -2.52. The van der Waals surface area contributed by atoms with Crippen molar-refractivity contribution in [3.05, 3.63) is 29.8 Å². The molecule has 1 heterocycles. The predicted molar refractivity (Wildman–Crippen MR) is 81.4 cm³/mol. The number of aryl methyl sites for hydroxylation is 1. The van der Waals surface area contributed by atoms with E-state index in [0.29, 0.717) is 19.6 Å². The number of β-amino-alcohol motifs (C(OH)–C–C–N with tert-alkyl or cyclic N) is 1. The van der Waals surface area contributed by atoms with E-state index >= 15 is 0 Å². The Labute approximate surface area is 126 Å². The van der Waals surface area contributed by atoms with Gasteiger partial charge >= 0.3 is 0 Å². The van der Waals surface area contributed by atoms with E-state index in [2.05, 4.69) is 4.90 Å². The number of ether oxygens (including phenoxy) is 1. The summed E-state index contributed by atoms with van der Waals surface area (Å²) in [4.78, 5) is 16.4. The highest BCUT2D eigenvalue weighted by Crippen LogP contribution is 2.15. The van der Waals surface area contributed by atoms with Gasteiger partial charge in [-0.1, -0.05) is 12.1 Å². The van der Waals surface area contributed by atoms with Gasteiger partial charge in [-0.25, -0.2) is 0 Å². The summed E-state index contributed by atoms with van der Waals surface area (Å²) >= 11 is 0. The van der Waals surface area contributed by atoms with Gasteiger partial charge in [0.2, 0.25) is 0 Å². The average molecular weight is 292 g/mol. The fraction of sp³-hybridized carbons (Fsp3) is 0.562. The molecule has 1 saturated heterocycles. The van der Waals surface area contributed by atoms with Crippen LogP contribution in [-0.2, 0) is 4.79 Å². The first-order chi connectivity index (χ1) is 10.1. The summed E-state index contributed by atoms with van der Waals surface area (Å²) in [6.07, 6.45) is -0.476. The van der Waals surface area contributed by atoms with Crippen LogP contribution in [0, 0.1) is 6.92 Å². The Hall–Kier alpha value is -1.59. The lowest BCUT2D eigenvalue weighted by Gasteiger charge is -2.35. The van der Waals surface area contributed by atoms with Gasteiger partial charge in [-0.05, 0) is 31.5 Å². The molecule has 1 atom stereocenters. The van der Waals surface area contributed by atoms with Gasteiger partial charge in [0.1, 0.15) is 5.75 Å². The van der Waals surface area contributed by atoms with E-state index in [9.17, 15) is 4.79 Å². The molecule has 0 spiro atoms. The molecule has 0 bridgehead atoms. The van der Waals surface area contributed by atoms with Crippen LogP contribution in [0.25, 0.3) is 0 Å².